The average molecular weight is 547 g/mol. The van der Waals surface area contributed by atoms with Gasteiger partial charge in [-0.2, -0.15) is 23.5 Å². The van der Waals surface area contributed by atoms with E-state index in [9.17, 15) is 9.59 Å². The van der Waals surface area contributed by atoms with E-state index in [1.54, 1.807) is 4.90 Å². The van der Waals surface area contributed by atoms with Crippen LogP contribution in [0.1, 0.15) is 54.4 Å². The van der Waals surface area contributed by atoms with Gasteiger partial charge in [0.1, 0.15) is 11.5 Å². The van der Waals surface area contributed by atoms with Crippen LogP contribution in [-0.2, 0) is 4.79 Å². The number of urea groups is 1. The van der Waals surface area contributed by atoms with Gasteiger partial charge < -0.3 is 14.7 Å². The summed E-state index contributed by atoms with van der Waals surface area (Å²) in [7, 11) is 0. The monoisotopic (exact) mass is 546 g/mol. The van der Waals surface area contributed by atoms with Crippen molar-refractivity contribution in [3.8, 4) is 0 Å². The standard InChI is InChI=1S/C24H42N4O2S4/c1-7-25-15-19(29)27(21(25)30)17-23(3,4)9-11-33-13-14-34-12-10-24(5,6)18-28-20(31)16-26(8-2)22(28)32/h7-18H2,1-6H3. The second-order valence-corrected chi connectivity index (χ2v) is 13.9. The molecule has 0 saturated carbocycles. The Labute approximate surface area is 225 Å². The lowest BCUT2D eigenvalue weighted by Crippen LogP contribution is -2.40. The third kappa shape index (κ3) is 8.52. The number of nitrogens with zero attached hydrogens (tertiary/aromatic N) is 4. The van der Waals surface area contributed by atoms with E-state index >= 15 is 0 Å². The number of amides is 3. The van der Waals surface area contributed by atoms with Gasteiger partial charge in [-0.05, 0) is 61.2 Å². The fraction of sp³-hybridized carbons (Fsp3) is 0.833. The van der Waals surface area contributed by atoms with E-state index in [0.29, 0.717) is 13.1 Å². The van der Waals surface area contributed by atoms with Crippen molar-refractivity contribution in [3.63, 3.8) is 0 Å². The average Bonchev–Trinajstić information content (AvgIpc) is 3.19. The quantitative estimate of drug-likeness (QED) is 0.165. The van der Waals surface area contributed by atoms with E-state index in [-0.39, 0.29) is 29.3 Å². The molecule has 2 rings (SSSR count). The summed E-state index contributed by atoms with van der Waals surface area (Å²) in [5.74, 6) is 4.38. The van der Waals surface area contributed by atoms with E-state index in [0.717, 1.165) is 65.6 Å². The fourth-order valence-electron chi connectivity index (χ4n) is 4.03. The lowest BCUT2D eigenvalue weighted by atomic mass is 9.89. The van der Waals surface area contributed by atoms with E-state index in [1.807, 2.05) is 30.4 Å². The number of hydrogen-bond donors (Lipinski definition) is 0. The van der Waals surface area contributed by atoms with Gasteiger partial charge in [-0.3, -0.25) is 9.69 Å². The van der Waals surface area contributed by atoms with Crippen LogP contribution in [0.3, 0.4) is 0 Å². The Morgan fingerprint density at radius 3 is 1.71 bits per heavy atom. The number of imide groups is 1. The number of thiocarbonyl (C=S) groups is 2. The summed E-state index contributed by atoms with van der Waals surface area (Å²) >= 11 is 15.1. The second-order valence-electron chi connectivity index (χ2n) is 10.6. The van der Waals surface area contributed by atoms with Gasteiger partial charge >= 0.3 is 6.03 Å². The van der Waals surface area contributed by atoms with Crippen LogP contribution in [0, 0.1) is 10.8 Å². The summed E-state index contributed by atoms with van der Waals surface area (Å²) in [4.78, 5) is 32.8. The van der Waals surface area contributed by atoms with E-state index in [1.165, 1.54) is 4.90 Å². The zero-order valence-corrected chi connectivity index (χ0v) is 25.0. The van der Waals surface area contributed by atoms with Crippen molar-refractivity contribution in [1.82, 2.24) is 19.6 Å². The molecule has 0 unspecified atom stereocenters. The van der Waals surface area contributed by atoms with E-state index < -0.39 is 0 Å². The molecule has 2 saturated heterocycles. The van der Waals surface area contributed by atoms with Crippen molar-refractivity contribution in [3.05, 3.63) is 0 Å². The third-order valence-corrected chi connectivity index (χ3v) is 9.47. The molecule has 0 aliphatic carbocycles. The molecule has 34 heavy (non-hydrogen) atoms. The fourth-order valence-corrected chi connectivity index (χ4v) is 7.50. The van der Waals surface area contributed by atoms with Crippen molar-refractivity contribution >= 4 is 70.0 Å². The Bertz CT molecular complexity index is 697. The number of carbonyl (C=O) groups excluding carboxylic acids is 2. The Morgan fingerprint density at radius 1 is 0.765 bits per heavy atom. The molecule has 10 heteroatoms. The first-order chi connectivity index (χ1) is 15.9. The molecule has 3 amide bonds. The van der Waals surface area contributed by atoms with Crippen molar-refractivity contribution in [2.75, 3.05) is 62.3 Å². The van der Waals surface area contributed by atoms with Crippen LogP contribution < -0.4 is 0 Å². The Morgan fingerprint density at radius 2 is 1.26 bits per heavy atom. The van der Waals surface area contributed by atoms with Crippen molar-refractivity contribution < 1.29 is 9.59 Å². The smallest absolute Gasteiger partial charge is 0.327 e. The molecule has 0 aromatic heterocycles. The zero-order chi connectivity index (χ0) is 25.5. The maximum Gasteiger partial charge on any atom is 0.327 e. The summed E-state index contributed by atoms with van der Waals surface area (Å²) in [5, 5.41) is 0.883. The first-order valence-electron chi connectivity index (χ1n) is 12.2. The molecule has 6 nitrogen and oxygen atoms in total. The Balaban J connectivity index is 1.59. The summed E-state index contributed by atoms with van der Waals surface area (Å²) in [6.45, 7) is 16.8. The topological polar surface area (TPSA) is 47.1 Å². The predicted octanol–water partition coefficient (Wildman–Crippen LogP) is 4.82. The number of likely N-dealkylation sites (N-methyl/N-ethyl adjacent to an activating group) is 2. The van der Waals surface area contributed by atoms with Crippen molar-refractivity contribution in [2.45, 2.75) is 54.4 Å². The highest BCUT2D eigenvalue weighted by Crippen LogP contribution is 2.29. The van der Waals surface area contributed by atoms with Crippen LogP contribution in [0.4, 0.5) is 4.79 Å². The minimum absolute atomic E-state index is 0.0662. The molecular weight excluding hydrogens is 505 g/mol. The van der Waals surface area contributed by atoms with Crippen LogP contribution in [0.5, 0.6) is 0 Å². The zero-order valence-electron chi connectivity index (χ0n) is 21.7. The van der Waals surface area contributed by atoms with Crippen LogP contribution in [0.25, 0.3) is 0 Å². The lowest BCUT2D eigenvalue weighted by Gasteiger charge is -2.31. The highest BCUT2D eigenvalue weighted by Gasteiger charge is 2.38. The van der Waals surface area contributed by atoms with Crippen LogP contribution in [0.2, 0.25) is 0 Å². The maximum absolute atomic E-state index is 12.3. The summed E-state index contributed by atoms with van der Waals surface area (Å²) in [6, 6.07) is -0.136. The van der Waals surface area contributed by atoms with Gasteiger partial charge in [0.15, 0.2) is 5.11 Å². The maximum atomic E-state index is 12.3. The van der Waals surface area contributed by atoms with Crippen molar-refractivity contribution in [2.24, 2.45) is 10.8 Å². The summed E-state index contributed by atoms with van der Waals surface area (Å²) < 4.78 is 0. The number of carbonyl (C=O) groups is 2. The minimum atomic E-state index is -0.136. The molecule has 194 valence electrons. The normalized spacial score (nSPS) is 17.7. The molecule has 2 aliphatic heterocycles. The van der Waals surface area contributed by atoms with Gasteiger partial charge in [0.05, 0.1) is 6.54 Å². The molecule has 0 aromatic carbocycles. The summed E-state index contributed by atoms with van der Waals surface area (Å²) in [5.41, 5.74) is 0.100. The molecule has 0 spiro atoms. The van der Waals surface area contributed by atoms with Gasteiger partial charge in [0.25, 0.3) is 0 Å². The molecule has 0 atom stereocenters. The number of hydrogen-bond acceptors (Lipinski definition) is 6. The number of rotatable bonds is 15. The second kappa shape index (κ2) is 13.1. The number of thioether (sulfide) groups is 2. The molecule has 0 bridgehead atoms. The van der Waals surface area contributed by atoms with Gasteiger partial charge in [0, 0.05) is 37.7 Å². The van der Waals surface area contributed by atoms with Crippen molar-refractivity contribution in [1.29, 1.82) is 0 Å². The SMILES string of the molecule is CCN1CC(=O)N(CC(C)(C)CCSCCSCCC(C)(C)CN2C(=S)CN(CC)C2=S)C1=O. The third-order valence-electron chi connectivity index (χ3n) is 6.41. The summed E-state index contributed by atoms with van der Waals surface area (Å²) in [6.07, 6.45) is 2.12. The molecular formula is C24H42N4O2S4. The van der Waals surface area contributed by atoms with E-state index in [2.05, 4.69) is 44.4 Å². The predicted molar refractivity (Wildman–Crippen MR) is 155 cm³/mol. The van der Waals surface area contributed by atoms with Gasteiger partial charge in [-0.1, -0.05) is 39.9 Å². The molecule has 2 fully saturated rings. The largest absolute Gasteiger partial charge is 0.342 e. The molecule has 2 heterocycles. The van der Waals surface area contributed by atoms with Gasteiger partial charge in [0.2, 0.25) is 5.91 Å². The Kier molecular flexibility index (Phi) is 11.4. The van der Waals surface area contributed by atoms with E-state index in [4.69, 9.17) is 24.4 Å². The minimum Gasteiger partial charge on any atom is -0.342 e. The molecule has 0 aromatic rings. The Hall–Kier alpha value is -0.580. The molecule has 2 aliphatic rings. The lowest BCUT2D eigenvalue weighted by molar-refractivity contribution is -0.126. The first kappa shape index (κ1) is 29.6. The van der Waals surface area contributed by atoms with Crippen LogP contribution >= 0.6 is 48.0 Å². The molecule has 0 N–H and O–H groups in total. The van der Waals surface area contributed by atoms with Gasteiger partial charge in [-0.15, -0.1) is 0 Å². The molecule has 0 radical (unpaired) electrons. The first-order valence-corrected chi connectivity index (χ1v) is 15.4. The van der Waals surface area contributed by atoms with Crippen LogP contribution in [0.15, 0.2) is 0 Å². The van der Waals surface area contributed by atoms with Gasteiger partial charge in [-0.25, -0.2) is 4.79 Å². The highest BCUT2D eigenvalue weighted by molar-refractivity contribution is 8.02. The van der Waals surface area contributed by atoms with Crippen LogP contribution in [-0.4, -0.2) is 104 Å². The highest BCUT2D eigenvalue weighted by atomic mass is 32.2.